The average Bonchev–Trinajstić information content (AvgIpc) is 2.40. The zero-order chi connectivity index (χ0) is 13.2. The van der Waals surface area contributed by atoms with Crippen molar-refractivity contribution < 1.29 is 0 Å². The van der Waals surface area contributed by atoms with E-state index in [9.17, 15) is 0 Å². The molecular weight excluding hydrogens is 220 g/mol. The summed E-state index contributed by atoms with van der Waals surface area (Å²) in [5.41, 5.74) is 1.05. The van der Waals surface area contributed by atoms with E-state index >= 15 is 0 Å². The van der Waals surface area contributed by atoms with Crippen molar-refractivity contribution in [3.05, 3.63) is 30.3 Å². The Morgan fingerprint density at radius 3 is 2.06 bits per heavy atom. The summed E-state index contributed by atoms with van der Waals surface area (Å²) in [5, 5.41) is 0. The van der Waals surface area contributed by atoms with Crippen LogP contribution in [0, 0.1) is 0 Å². The largest absolute Gasteiger partial charge is 0.360 e. The maximum Gasteiger partial charge on any atom is 0.102 e. The van der Waals surface area contributed by atoms with Crippen molar-refractivity contribution in [2.75, 3.05) is 13.1 Å². The molecule has 0 aliphatic carbocycles. The highest BCUT2D eigenvalue weighted by Crippen LogP contribution is 2.12. The lowest BCUT2D eigenvalue weighted by molar-refractivity contribution is 0.396. The molecule has 2 nitrogen and oxygen atoms in total. The van der Waals surface area contributed by atoms with Gasteiger partial charge in [-0.25, -0.2) is 4.99 Å². The van der Waals surface area contributed by atoms with E-state index in [1.807, 2.05) is 18.2 Å². The van der Waals surface area contributed by atoms with Gasteiger partial charge in [-0.05, 0) is 31.9 Å². The molecule has 0 heterocycles. The number of amidine groups is 1. The Labute approximate surface area is 112 Å². The number of hydrogen-bond donors (Lipinski definition) is 0. The topological polar surface area (TPSA) is 15.6 Å². The van der Waals surface area contributed by atoms with Crippen LogP contribution in [0.25, 0.3) is 0 Å². The Hall–Kier alpha value is -1.31. The van der Waals surface area contributed by atoms with E-state index in [4.69, 9.17) is 4.99 Å². The Kier molecular flexibility index (Phi) is 7.16. The highest BCUT2D eigenvalue weighted by Gasteiger charge is 2.05. The molecule has 0 aliphatic rings. The van der Waals surface area contributed by atoms with Gasteiger partial charge in [0.05, 0.1) is 5.69 Å². The number of hydrogen-bond acceptors (Lipinski definition) is 1. The molecule has 0 saturated carbocycles. The SMILES string of the molecule is CCCCN(CCCC)C(C)=Nc1ccccc1. The van der Waals surface area contributed by atoms with Crippen molar-refractivity contribution in [3.63, 3.8) is 0 Å². The summed E-state index contributed by atoms with van der Waals surface area (Å²) < 4.78 is 0. The molecule has 18 heavy (non-hydrogen) atoms. The molecule has 0 bridgehead atoms. The summed E-state index contributed by atoms with van der Waals surface area (Å²) in [5.74, 6) is 1.14. The Bertz CT molecular complexity index is 335. The summed E-state index contributed by atoms with van der Waals surface area (Å²) >= 11 is 0. The van der Waals surface area contributed by atoms with Crippen LogP contribution in [0.3, 0.4) is 0 Å². The van der Waals surface area contributed by atoms with Crippen LogP contribution in [0.15, 0.2) is 35.3 Å². The first kappa shape index (κ1) is 14.7. The van der Waals surface area contributed by atoms with Gasteiger partial charge in [0, 0.05) is 13.1 Å². The predicted molar refractivity (Wildman–Crippen MR) is 80.6 cm³/mol. The Morgan fingerprint density at radius 1 is 1.00 bits per heavy atom. The van der Waals surface area contributed by atoms with Crippen molar-refractivity contribution in [1.29, 1.82) is 0 Å². The van der Waals surface area contributed by atoms with Crippen LogP contribution in [0.5, 0.6) is 0 Å². The minimum atomic E-state index is 1.05. The molecule has 0 saturated heterocycles. The second-order valence-electron chi connectivity index (χ2n) is 4.69. The Morgan fingerprint density at radius 2 is 1.56 bits per heavy atom. The fourth-order valence-electron chi connectivity index (χ4n) is 1.89. The molecule has 1 aromatic carbocycles. The summed E-state index contributed by atoms with van der Waals surface area (Å²) in [6, 6.07) is 10.2. The van der Waals surface area contributed by atoms with Crippen LogP contribution >= 0.6 is 0 Å². The van der Waals surface area contributed by atoms with E-state index in [0.717, 1.165) is 24.6 Å². The first-order chi connectivity index (χ1) is 8.77. The zero-order valence-corrected chi connectivity index (χ0v) is 12.0. The number of aliphatic imine (C=N–C) groups is 1. The minimum Gasteiger partial charge on any atom is -0.360 e. The molecule has 0 N–H and O–H groups in total. The predicted octanol–water partition coefficient (Wildman–Crippen LogP) is 4.64. The van der Waals surface area contributed by atoms with Crippen molar-refractivity contribution in [2.45, 2.75) is 46.5 Å². The fourth-order valence-corrected chi connectivity index (χ4v) is 1.89. The van der Waals surface area contributed by atoms with Crippen molar-refractivity contribution >= 4 is 11.5 Å². The lowest BCUT2D eigenvalue weighted by Gasteiger charge is -2.24. The standard InChI is InChI=1S/C16H26N2/c1-4-6-13-18(14-7-5-2)15(3)17-16-11-9-8-10-12-16/h8-12H,4-7,13-14H2,1-3H3. The van der Waals surface area contributed by atoms with E-state index in [1.165, 1.54) is 25.7 Å². The van der Waals surface area contributed by atoms with Gasteiger partial charge in [-0.1, -0.05) is 44.9 Å². The quantitative estimate of drug-likeness (QED) is 0.505. The second-order valence-corrected chi connectivity index (χ2v) is 4.69. The van der Waals surface area contributed by atoms with Crippen molar-refractivity contribution in [3.8, 4) is 0 Å². The highest BCUT2D eigenvalue weighted by molar-refractivity contribution is 5.82. The summed E-state index contributed by atoms with van der Waals surface area (Å²) in [6.07, 6.45) is 4.96. The third-order valence-corrected chi connectivity index (χ3v) is 3.07. The van der Waals surface area contributed by atoms with Gasteiger partial charge < -0.3 is 4.90 Å². The van der Waals surface area contributed by atoms with E-state index in [0.29, 0.717) is 0 Å². The van der Waals surface area contributed by atoms with E-state index < -0.39 is 0 Å². The third-order valence-electron chi connectivity index (χ3n) is 3.07. The van der Waals surface area contributed by atoms with Gasteiger partial charge in [0.15, 0.2) is 0 Å². The average molecular weight is 246 g/mol. The maximum absolute atomic E-state index is 4.71. The molecule has 1 aromatic rings. The van der Waals surface area contributed by atoms with Crippen LogP contribution < -0.4 is 0 Å². The van der Waals surface area contributed by atoms with Gasteiger partial charge in [-0.15, -0.1) is 0 Å². The fraction of sp³-hybridized carbons (Fsp3) is 0.562. The van der Waals surface area contributed by atoms with Crippen LogP contribution in [0.2, 0.25) is 0 Å². The molecule has 0 aliphatic heterocycles. The minimum absolute atomic E-state index is 1.05. The smallest absolute Gasteiger partial charge is 0.102 e. The van der Waals surface area contributed by atoms with Crippen LogP contribution in [-0.4, -0.2) is 23.8 Å². The number of benzene rings is 1. The molecule has 0 spiro atoms. The normalized spacial score (nSPS) is 11.6. The molecule has 0 radical (unpaired) electrons. The molecule has 100 valence electrons. The molecular formula is C16H26N2. The van der Waals surface area contributed by atoms with E-state index in [2.05, 4.69) is 37.8 Å². The molecule has 0 aromatic heterocycles. The molecule has 0 amide bonds. The summed E-state index contributed by atoms with van der Waals surface area (Å²) in [6.45, 7) is 8.85. The second kappa shape index (κ2) is 8.73. The van der Waals surface area contributed by atoms with Gasteiger partial charge >= 0.3 is 0 Å². The summed E-state index contributed by atoms with van der Waals surface area (Å²) in [7, 11) is 0. The van der Waals surface area contributed by atoms with E-state index in [1.54, 1.807) is 0 Å². The Balaban J connectivity index is 2.67. The first-order valence-electron chi connectivity index (χ1n) is 7.13. The van der Waals surface area contributed by atoms with Crippen LogP contribution in [-0.2, 0) is 0 Å². The van der Waals surface area contributed by atoms with Crippen LogP contribution in [0.1, 0.15) is 46.5 Å². The van der Waals surface area contributed by atoms with Gasteiger partial charge in [-0.2, -0.15) is 0 Å². The zero-order valence-electron chi connectivity index (χ0n) is 12.0. The number of para-hydroxylation sites is 1. The number of nitrogens with zero attached hydrogens (tertiary/aromatic N) is 2. The molecule has 0 unspecified atom stereocenters. The van der Waals surface area contributed by atoms with Gasteiger partial charge in [0.25, 0.3) is 0 Å². The maximum atomic E-state index is 4.71. The molecule has 0 fully saturated rings. The van der Waals surface area contributed by atoms with Gasteiger partial charge in [-0.3, -0.25) is 0 Å². The number of rotatable bonds is 7. The molecule has 2 heteroatoms. The molecule has 1 rings (SSSR count). The summed E-state index contributed by atoms with van der Waals surface area (Å²) in [4.78, 5) is 7.12. The monoisotopic (exact) mass is 246 g/mol. The number of unbranched alkanes of at least 4 members (excludes halogenated alkanes) is 2. The third kappa shape index (κ3) is 5.35. The van der Waals surface area contributed by atoms with Crippen molar-refractivity contribution in [2.24, 2.45) is 4.99 Å². The van der Waals surface area contributed by atoms with Gasteiger partial charge in [0.1, 0.15) is 5.84 Å². The van der Waals surface area contributed by atoms with E-state index in [-0.39, 0.29) is 0 Å². The van der Waals surface area contributed by atoms with Crippen molar-refractivity contribution in [1.82, 2.24) is 4.90 Å². The lowest BCUT2D eigenvalue weighted by atomic mass is 10.2. The first-order valence-corrected chi connectivity index (χ1v) is 7.13. The van der Waals surface area contributed by atoms with Gasteiger partial charge in [0.2, 0.25) is 0 Å². The lowest BCUT2D eigenvalue weighted by Crippen LogP contribution is -2.30. The highest BCUT2D eigenvalue weighted by atomic mass is 15.2. The molecule has 0 atom stereocenters. The van der Waals surface area contributed by atoms with Crippen LogP contribution in [0.4, 0.5) is 5.69 Å².